The smallest absolute Gasteiger partial charge is 0.212 e. The van der Waals surface area contributed by atoms with Crippen molar-refractivity contribution in [2.75, 3.05) is 18.0 Å². The number of aliphatic imine (C=N–C) groups is 1. The molecule has 2 aromatic heterocycles. The average molecular weight is 467 g/mol. The zero-order valence-electron chi connectivity index (χ0n) is 17.1. The largest absolute Gasteiger partial charge is 0.349 e. The first-order valence-electron chi connectivity index (χ1n) is 9.79. The van der Waals surface area contributed by atoms with Crippen molar-refractivity contribution < 1.29 is 0 Å². The van der Waals surface area contributed by atoms with Crippen LogP contribution >= 0.6 is 15.9 Å². The number of fused-ring (bicyclic) bond motifs is 1. The van der Waals surface area contributed by atoms with Gasteiger partial charge in [-0.1, -0.05) is 22.0 Å². The van der Waals surface area contributed by atoms with Crippen molar-refractivity contribution in [1.29, 1.82) is 5.26 Å². The van der Waals surface area contributed by atoms with Gasteiger partial charge in [0.2, 0.25) is 5.96 Å². The predicted octanol–water partition coefficient (Wildman–Crippen LogP) is 3.69. The number of H-pyrrole nitrogens is 1. The van der Waals surface area contributed by atoms with Crippen LogP contribution < -0.4 is 10.2 Å². The third-order valence-corrected chi connectivity index (χ3v) is 5.88. The van der Waals surface area contributed by atoms with Crippen molar-refractivity contribution in [3.05, 3.63) is 46.8 Å². The lowest BCUT2D eigenvalue weighted by molar-refractivity contribution is 0.257. The van der Waals surface area contributed by atoms with Crippen LogP contribution in [-0.2, 0) is 0 Å². The fourth-order valence-electron chi connectivity index (χ4n) is 3.91. The molecule has 0 aliphatic carbocycles. The Hall–Kier alpha value is -3.12. The van der Waals surface area contributed by atoms with E-state index in [0.717, 1.165) is 39.1 Å². The molecule has 2 atom stereocenters. The lowest BCUT2D eigenvalue weighted by atomic mass is 10.1. The molecule has 0 amide bonds. The van der Waals surface area contributed by atoms with Gasteiger partial charge < -0.3 is 14.8 Å². The zero-order valence-corrected chi connectivity index (χ0v) is 18.7. The molecule has 2 N–H and O–H groups in total. The standard InChI is InChI=1S/C21H23BrN8/c1-13-8-24-19-18(13)20(27-12-26-19)29-9-15(3)30(10-14(29)2)21(25-11-23)28-17-6-4-5-16(22)7-17/h4-8,12,14-15H,9-10H2,1-3H3,(H,25,28)(H,24,26,27)/t14-,15+/m1/s1. The molecule has 1 fully saturated rings. The number of piperazine rings is 1. The number of halogens is 1. The lowest BCUT2D eigenvalue weighted by Crippen LogP contribution is -2.60. The third kappa shape index (κ3) is 3.83. The molecule has 30 heavy (non-hydrogen) atoms. The summed E-state index contributed by atoms with van der Waals surface area (Å²) in [5.41, 5.74) is 2.76. The van der Waals surface area contributed by atoms with Gasteiger partial charge in [0.1, 0.15) is 17.8 Å². The van der Waals surface area contributed by atoms with Gasteiger partial charge >= 0.3 is 0 Å². The van der Waals surface area contributed by atoms with Gasteiger partial charge in [-0.05, 0) is 44.5 Å². The van der Waals surface area contributed by atoms with Crippen LogP contribution in [0.4, 0.5) is 11.5 Å². The second kappa shape index (κ2) is 8.32. The van der Waals surface area contributed by atoms with Crippen molar-refractivity contribution in [2.24, 2.45) is 4.99 Å². The number of hydrogen-bond acceptors (Lipinski definition) is 5. The maximum Gasteiger partial charge on any atom is 0.212 e. The van der Waals surface area contributed by atoms with Gasteiger partial charge in [-0.2, -0.15) is 5.26 Å². The van der Waals surface area contributed by atoms with Crippen LogP contribution in [0.15, 0.2) is 46.3 Å². The molecule has 0 unspecified atom stereocenters. The van der Waals surface area contributed by atoms with Crippen LogP contribution in [0.1, 0.15) is 19.4 Å². The number of aromatic nitrogens is 3. The number of nitriles is 1. The maximum atomic E-state index is 9.30. The van der Waals surface area contributed by atoms with E-state index in [1.807, 2.05) is 36.7 Å². The summed E-state index contributed by atoms with van der Waals surface area (Å²) in [6.45, 7) is 7.82. The predicted molar refractivity (Wildman–Crippen MR) is 122 cm³/mol. The van der Waals surface area contributed by atoms with Crippen molar-refractivity contribution >= 4 is 44.4 Å². The minimum atomic E-state index is 0.122. The molecule has 0 bridgehead atoms. The Morgan fingerprint density at radius 1 is 1.30 bits per heavy atom. The monoisotopic (exact) mass is 466 g/mol. The molecule has 0 saturated carbocycles. The van der Waals surface area contributed by atoms with Crippen LogP contribution in [0.25, 0.3) is 11.0 Å². The fourth-order valence-corrected chi connectivity index (χ4v) is 4.30. The van der Waals surface area contributed by atoms with Gasteiger partial charge in [0.25, 0.3) is 0 Å². The topological polar surface area (TPSA) is 96.2 Å². The van der Waals surface area contributed by atoms with E-state index in [-0.39, 0.29) is 12.1 Å². The molecule has 1 saturated heterocycles. The quantitative estimate of drug-likeness (QED) is 0.258. The van der Waals surface area contributed by atoms with E-state index < -0.39 is 0 Å². The Bertz CT molecular complexity index is 1130. The van der Waals surface area contributed by atoms with E-state index >= 15 is 0 Å². The number of guanidine groups is 1. The summed E-state index contributed by atoms with van der Waals surface area (Å²) in [7, 11) is 0. The van der Waals surface area contributed by atoms with Crippen LogP contribution in [0.5, 0.6) is 0 Å². The normalized spacial score (nSPS) is 19.8. The number of hydrogen-bond donors (Lipinski definition) is 2. The molecule has 9 heteroatoms. The summed E-state index contributed by atoms with van der Waals surface area (Å²) in [5.74, 6) is 1.50. The van der Waals surface area contributed by atoms with Gasteiger partial charge in [0, 0.05) is 35.8 Å². The highest BCUT2D eigenvalue weighted by molar-refractivity contribution is 9.10. The molecular weight excluding hydrogens is 444 g/mol. The summed E-state index contributed by atoms with van der Waals surface area (Å²) in [5, 5.41) is 13.1. The number of nitrogens with zero attached hydrogens (tertiary/aromatic N) is 6. The summed E-state index contributed by atoms with van der Waals surface area (Å²) in [4.78, 5) is 21.3. The molecule has 3 heterocycles. The molecule has 0 radical (unpaired) electrons. The van der Waals surface area contributed by atoms with Crippen LogP contribution in [0.3, 0.4) is 0 Å². The molecule has 3 aromatic rings. The Balaban J connectivity index is 1.64. The summed E-state index contributed by atoms with van der Waals surface area (Å²) >= 11 is 3.47. The average Bonchev–Trinajstić information content (AvgIpc) is 3.10. The van der Waals surface area contributed by atoms with Gasteiger partial charge in [0.05, 0.1) is 11.1 Å². The highest BCUT2D eigenvalue weighted by atomic mass is 79.9. The molecule has 154 valence electrons. The van der Waals surface area contributed by atoms with Gasteiger partial charge in [-0.15, -0.1) is 0 Å². The van der Waals surface area contributed by atoms with Crippen molar-refractivity contribution in [1.82, 2.24) is 25.2 Å². The first-order valence-corrected chi connectivity index (χ1v) is 10.6. The van der Waals surface area contributed by atoms with Crippen LogP contribution in [0, 0.1) is 18.4 Å². The molecular formula is C21H23BrN8. The molecule has 8 nitrogen and oxygen atoms in total. The molecule has 4 rings (SSSR count). The van der Waals surface area contributed by atoms with Crippen LogP contribution in [-0.4, -0.2) is 51.0 Å². The van der Waals surface area contributed by atoms with Gasteiger partial charge in [-0.25, -0.2) is 15.0 Å². The van der Waals surface area contributed by atoms with Crippen molar-refractivity contribution in [3.8, 4) is 6.19 Å². The van der Waals surface area contributed by atoms with E-state index in [4.69, 9.17) is 4.99 Å². The lowest BCUT2D eigenvalue weighted by Gasteiger charge is -2.45. The van der Waals surface area contributed by atoms with Gasteiger partial charge in [0.15, 0.2) is 6.19 Å². The van der Waals surface area contributed by atoms with Crippen molar-refractivity contribution in [2.45, 2.75) is 32.9 Å². The van der Waals surface area contributed by atoms with E-state index in [2.05, 4.69) is 66.8 Å². The zero-order chi connectivity index (χ0) is 21.3. The highest BCUT2D eigenvalue weighted by Gasteiger charge is 2.33. The van der Waals surface area contributed by atoms with E-state index in [9.17, 15) is 5.26 Å². The van der Waals surface area contributed by atoms with Gasteiger partial charge in [-0.3, -0.25) is 5.32 Å². The molecule has 1 aliphatic rings. The number of rotatable bonds is 2. The first-order chi connectivity index (χ1) is 14.5. The second-order valence-electron chi connectivity index (χ2n) is 7.55. The Labute approximate surface area is 183 Å². The first kappa shape index (κ1) is 20.2. The summed E-state index contributed by atoms with van der Waals surface area (Å²) < 4.78 is 0.945. The minimum Gasteiger partial charge on any atom is -0.349 e. The number of aryl methyl sites for hydroxylation is 1. The SMILES string of the molecule is Cc1c[nH]c2ncnc(N3C[C@H](C)N(C(=Nc4cccc(Br)c4)NC#N)C[C@H]3C)c12. The Morgan fingerprint density at radius 3 is 2.90 bits per heavy atom. The second-order valence-corrected chi connectivity index (χ2v) is 8.46. The molecule has 1 aromatic carbocycles. The maximum absolute atomic E-state index is 9.30. The number of aromatic amines is 1. The summed E-state index contributed by atoms with van der Waals surface area (Å²) in [6.07, 6.45) is 5.60. The van der Waals surface area contributed by atoms with E-state index in [1.54, 1.807) is 6.33 Å². The molecule has 0 spiro atoms. The van der Waals surface area contributed by atoms with Crippen molar-refractivity contribution in [3.63, 3.8) is 0 Å². The van der Waals surface area contributed by atoms with Crippen LogP contribution in [0.2, 0.25) is 0 Å². The van der Waals surface area contributed by atoms with E-state index in [0.29, 0.717) is 12.5 Å². The Morgan fingerprint density at radius 2 is 2.13 bits per heavy atom. The number of benzene rings is 1. The fraction of sp³-hybridized carbons (Fsp3) is 0.333. The number of nitrogens with one attached hydrogen (secondary N) is 2. The Kier molecular flexibility index (Phi) is 5.59. The third-order valence-electron chi connectivity index (χ3n) is 5.39. The number of anilines is 1. The highest BCUT2D eigenvalue weighted by Crippen LogP contribution is 2.30. The van der Waals surface area contributed by atoms with E-state index in [1.165, 1.54) is 0 Å². The minimum absolute atomic E-state index is 0.122. The summed E-state index contributed by atoms with van der Waals surface area (Å²) in [6, 6.07) is 8.01. The molecule has 1 aliphatic heterocycles.